The molecule has 2 rings (SSSR count). The van der Waals surface area contributed by atoms with Gasteiger partial charge in [-0.25, -0.2) is 0 Å². The highest BCUT2D eigenvalue weighted by Crippen LogP contribution is 2.16. The number of nitrogens with one attached hydrogen (secondary N) is 2. The molecule has 1 aliphatic heterocycles. The van der Waals surface area contributed by atoms with E-state index in [9.17, 15) is 4.21 Å². The van der Waals surface area contributed by atoms with Crippen molar-refractivity contribution in [3.8, 4) is 0 Å². The van der Waals surface area contributed by atoms with Gasteiger partial charge in [-0.1, -0.05) is 24.6 Å². The van der Waals surface area contributed by atoms with Crippen LogP contribution in [0.3, 0.4) is 0 Å². The van der Waals surface area contributed by atoms with E-state index in [1.165, 1.54) is 25.8 Å². The lowest BCUT2D eigenvalue weighted by Crippen LogP contribution is -2.40. The fourth-order valence-electron chi connectivity index (χ4n) is 3.25. The normalized spacial score (nSPS) is 19.9. The zero-order valence-electron chi connectivity index (χ0n) is 16.2. The quantitative estimate of drug-likeness (QED) is 0.394. The number of likely N-dealkylation sites (tertiary alicyclic amines) is 1. The van der Waals surface area contributed by atoms with Crippen LogP contribution in [0.4, 0.5) is 0 Å². The molecule has 0 saturated carbocycles. The average Bonchev–Trinajstić information content (AvgIpc) is 2.67. The summed E-state index contributed by atoms with van der Waals surface area (Å²) in [5, 5.41) is 6.57. The van der Waals surface area contributed by atoms with Gasteiger partial charge in [0.25, 0.3) is 0 Å². The molecule has 0 amide bonds. The first-order chi connectivity index (χ1) is 12.7. The van der Waals surface area contributed by atoms with Gasteiger partial charge in [0, 0.05) is 42.9 Å². The van der Waals surface area contributed by atoms with Crippen molar-refractivity contribution in [2.45, 2.75) is 50.5 Å². The maximum Gasteiger partial charge on any atom is 0.191 e. The van der Waals surface area contributed by atoms with Gasteiger partial charge in [-0.05, 0) is 51.8 Å². The molecular formula is C20H34N4OS. The largest absolute Gasteiger partial charge is 0.357 e. The standard InChI is InChI=1S/C20H34N4OS/c1-3-21-20(22-13-9-16-24-15-8-7-10-18(24)2)23-14-17-26(25)19-11-5-4-6-12-19/h4-6,11-12,18H,3,7-10,13-17H2,1-2H3,(H2,21,22,23). The summed E-state index contributed by atoms with van der Waals surface area (Å²) in [6.45, 7) is 9.06. The molecule has 0 aromatic heterocycles. The Morgan fingerprint density at radius 2 is 2.08 bits per heavy atom. The summed E-state index contributed by atoms with van der Waals surface area (Å²) in [5.74, 6) is 1.41. The van der Waals surface area contributed by atoms with Gasteiger partial charge >= 0.3 is 0 Å². The van der Waals surface area contributed by atoms with Crippen LogP contribution in [0.25, 0.3) is 0 Å². The fourth-order valence-corrected chi connectivity index (χ4v) is 4.23. The average molecular weight is 379 g/mol. The van der Waals surface area contributed by atoms with E-state index < -0.39 is 10.8 Å². The van der Waals surface area contributed by atoms with Gasteiger partial charge in [-0.2, -0.15) is 0 Å². The first kappa shape index (κ1) is 20.9. The third-order valence-electron chi connectivity index (χ3n) is 4.74. The number of guanidine groups is 1. The van der Waals surface area contributed by atoms with Crippen molar-refractivity contribution >= 4 is 16.8 Å². The minimum Gasteiger partial charge on any atom is -0.357 e. The van der Waals surface area contributed by atoms with Crippen LogP contribution in [-0.4, -0.2) is 59.6 Å². The maximum absolute atomic E-state index is 12.3. The number of benzene rings is 1. The van der Waals surface area contributed by atoms with Gasteiger partial charge in [-0.3, -0.25) is 9.20 Å². The Hall–Kier alpha value is -1.40. The van der Waals surface area contributed by atoms with E-state index in [1.54, 1.807) is 0 Å². The molecule has 0 spiro atoms. The molecular weight excluding hydrogens is 344 g/mol. The SMILES string of the molecule is CCNC(=NCCCN1CCCCC1C)NCCS(=O)c1ccccc1. The summed E-state index contributed by atoms with van der Waals surface area (Å²) in [5.41, 5.74) is 0. The molecule has 2 atom stereocenters. The number of piperidine rings is 1. The van der Waals surface area contributed by atoms with Crippen molar-refractivity contribution in [1.29, 1.82) is 0 Å². The zero-order chi connectivity index (χ0) is 18.6. The van der Waals surface area contributed by atoms with E-state index in [0.29, 0.717) is 18.3 Å². The van der Waals surface area contributed by atoms with Crippen molar-refractivity contribution in [2.75, 3.05) is 38.5 Å². The molecule has 0 radical (unpaired) electrons. The maximum atomic E-state index is 12.3. The lowest BCUT2D eigenvalue weighted by Gasteiger charge is -2.33. The molecule has 2 N–H and O–H groups in total. The lowest BCUT2D eigenvalue weighted by atomic mass is 10.0. The minimum absolute atomic E-state index is 0.583. The molecule has 1 heterocycles. The first-order valence-corrected chi connectivity index (χ1v) is 11.2. The molecule has 5 nitrogen and oxygen atoms in total. The predicted molar refractivity (Wildman–Crippen MR) is 111 cm³/mol. The lowest BCUT2D eigenvalue weighted by molar-refractivity contribution is 0.160. The van der Waals surface area contributed by atoms with E-state index in [1.807, 2.05) is 30.3 Å². The molecule has 0 bridgehead atoms. The first-order valence-electron chi connectivity index (χ1n) is 9.90. The van der Waals surface area contributed by atoms with E-state index in [4.69, 9.17) is 0 Å². The van der Waals surface area contributed by atoms with Crippen molar-refractivity contribution in [3.05, 3.63) is 30.3 Å². The molecule has 146 valence electrons. The topological polar surface area (TPSA) is 56.7 Å². The highest BCUT2D eigenvalue weighted by molar-refractivity contribution is 7.85. The molecule has 1 aromatic carbocycles. The highest BCUT2D eigenvalue weighted by atomic mass is 32.2. The summed E-state index contributed by atoms with van der Waals surface area (Å²) < 4.78 is 12.3. The van der Waals surface area contributed by atoms with Gasteiger partial charge in [0.05, 0.1) is 10.8 Å². The summed E-state index contributed by atoms with van der Waals surface area (Å²) in [7, 11) is -0.970. The van der Waals surface area contributed by atoms with Crippen molar-refractivity contribution in [1.82, 2.24) is 15.5 Å². The van der Waals surface area contributed by atoms with Crippen molar-refractivity contribution < 1.29 is 4.21 Å². The van der Waals surface area contributed by atoms with Crippen LogP contribution in [0, 0.1) is 0 Å². The number of hydrogen-bond donors (Lipinski definition) is 2. The number of hydrogen-bond acceptors (Lipinski definition) is 3. The molecule has 2 unspecified atom stereocenters. The Labute approximate surface area is 161 Å². The second kappa shape index (κ2) is 12.1. The number of rotatable bonds is 9. The Balaban J connectivity index is 1.69. The van der Waals surface area contributed by atoms with Gasteiger partial charge in [0.15, 0.2) is 5.96 Å². The fraction of sp³-hybridized carbons (Fsp3) is 0.650. The van der Waals surface area contributed by atoms with Crippen LogP contribution >= 0.6 is 0 Å². The monoisotopic (exact) mass is 378 g/mol. The molecule has 1 fully saturated rings. The number of nitrogens with zero attached hydrogens (tertiary/aromatic N) is 2. The third-order valence-corrected chi connectivity index (χ3v) is 6.12. The highest BCUT2D eigenvalue weighted by Gasteiger charge is 2.16. The molecule has 0 aliphatic carbocycles. The van der Waals surface area contributed by atoms with Crippen LogP contribution in [0.5, 0.6) is 0 Å². The van der Waals surface area contributed by atoms with Gasteiger partial charge in [0.1, 0.15) is 0 Å². The van der Waals surface area contributed by atoms with Crippen LogP contribution in [0.1, 0.15) is 39.5 Å². The van der Waals surface area contributed by atoms with Crippen LogP contribution in [0.15, 0.2) is 40.2 Å². The molecule has 1 aliphatic rings. The van der Waals surface area contributed by atoms with E-state index in [2.05, 4.69) is 34.4 Å². The second-order valence-corrected chi connectivity index (χ2v) is 8.36. The Bertz CT molecular complexity index is 564. The minimum atomic E-state index is -0.970. The van der Waals surface area contributed by atoms with Crippen LogP contribution < -0.4 is 10.6 Å². The van der Waals surface area contributed by atoms with Crippen molar-refractivity contribution in [3.63, 3.8) is 0 Å². The Kier molecular flexibility index (Phi) is 9.71. The molecule has 1 aromatic rings. The Morgan fingerprint density at radius 3 is 2.81 bits per heavy atom. The third kappa shape index (κ3) is 7.46. The van der Waals surface area contributed by atoms with Crippen LogP contribution in [0.2, 0.25) is 0 Å². The number of aliphatic imine (C=N–C) groups is 1. The van der Waals surface area contributed by atoms with Gasteiger partial charge in [-0.15, -0.1) is 0 Å². The molecule has 26 heavy (non-hydrogen) atoms. The molecule has 6 heteroatoms. The van der Waals surface area contributed by atoms with E-state index in [0.717, 1.165) is 36.9 Å². The van der Waals surface area contributed by atoms with E-state index >= 15 is 0 Å². The summed E-state index contributed by atoms with van der Waals surface area (Å²) in [4.78, 5) is 8.13. The summed E-state index contributed by atoms with van der Waals surface area (Å²) in [6.07, 6.45) is 5.11. The van der Waals surface area contributed by atoms with E-state index in [-0.39, 0.29) is 0 Å². The van der Waals surface area contributed by atoms with Gasteiger partial charge < -0.3 is 15.5 Å². The van der Waals surface area contributed by atoms with Gasteiger partial charge in [0.2, 0.25) is 0 Å². The predicted octanol–water partition coefficient (Wildman–Crippen LogP) is 2.61. The zero-order valence-corrected chi connectivity index (χ0v) is 17.1. The van der Waals surface area contributed by atoms with Crippen molar-refractivity contribution in [2.24, 2.45) is 4.99 Å². The Morgan fingerprint density at radius 1 is 1.27 bits per heavy atom. The second-order valence-electron chi connectivity index (χ2n) is 6.78. The smallest absolute Gasteiger partial charge is 0.191 e. The van der Waals surface area contributed by atoms with Crippen LogP contribution in [-0.2, 0) is 10.8 Å². The summed E-state index contributed by atoms with van der Waals surface area (Å²) >= 11 is 0. The molecule has 1 saturated heterocycles. The summed E-state index contributed by atoms with van der Waals surface area (Å²) in [6, 6.07) is 10.3.